The Bertz CT molecular complexity index is 257. The van der Waals surface area contributed by atoms with E-state index in [1.807, 2.05) is 0 Å². The molecule has 0 rings (SSSR count). The predicted octanol–water partition coefficient (Wildman–Crippen LogP) is 4.24. The summed E-state index contributed by atoms with van der Waals surface area (Å²) in [5, 5.41) is 0. The summed E-state index contributed by atoms with van der Waals surface area (Å²) < 4.78 is 0.968. The van der Waals surface area contributed by atoms with Crippen molar-refractivity contribution in [3.63, 3.8) is 0 Å². The van der Waals surface area contributed by atoms with E-state index < -0.39 is 0 Å². The maximum absolute atomic E-state index is 3.65. The highest BCUT2D eigenvalue weighted by molar-refractivity contribution is 4.50. The number of rotatable bonds is 20. The summed E-state index contributed by atoms with van der Waals surface area (Å²) in [7, 11) is 4.55. The van der Waals surface area contributed by atoms with Gasteiger partial charge in [-0.25, -0.2) is 0 Å². The number of nitrogens with zero attached hydrogens (tertiary/aromatic N) is 1. The molecule has 0 spiro atoms. The lowest BCUT2D eigenvalue weighted by molar-refractivity contribution is -0.934. The van der Waals surface area contributed by atoms with Gasteiger partial charge in [0.05, 0.1) is 20.6 Å². The molecule has 160 valence electrons. The molecule has 26 heavy (non-hydrogen) atoms. The predicted molar refractivity (Wildman–Crippen MR) is 115 cm³/mol. The molecule has 0 fully saturated rings. The summed E-state index contributed by atoms with van der Waals surface area (Å²) in [5.41, 5.74) is 3.65. The third-order valence-corrected chi connectivity index (χ3v) is 5.35. The fourth-order valence-electron chi connectivity index (χ4n) is 3.69. The van der Waals surface area contributed by atoms with Gasteiger partial charge < -0.3 is 12.4 Å². The molecule has 0 atom stereocenters. The summed E-state index contributed by atoms with van der Waals surface area (Å²) >= 11 is 0. The Labute approximate surface area is 172 Å². The van der Waals surface area contributed by atoms with Crippen LogP contribution in [0.5, 0.6) is 0 Å². The fourth-order valence-corrected chi connectivity index (χ4v) is 3.69. The summed E-state index contributed by atoms with van der Waals surface area (Å²) in [4.78, 5) is 0. The topological polar surface area (TPSA) is 12.0 Å². The third-order valence-electron chi connectivity index (χ3n) is 5.35. The average molecular weight is 391 g/mol. The lowest BCUT2D eigenvalue weighted by Gasteiger charge is -2.29. The quantitative estimate of drug-likeness (QED) is 0.186. The molecule has 0 aliphatic carbocycles. The Morgan fingerprint density at radius 3 is 1.19 bits per heavy atom. The van der Waals surface area contributed by atoms with Gasteiger partial charge in [0.25, 0.3) is 0 Å². The van der Waals surface area contributed by atoms with Crippen molar-refractivity contribution in [1.82, 2.24) is 5.43 Å². The van der Waals surface area contributed by atoms with Crippen molar-refractivity contribution in [3.05, 3.63) is 0 Å². The zero-order chi connectivity index (χ0) is 18.6. The minimum Gasteiger partial charge on any atom is -1.00 e. The Morgan fingerprint density at radius 1 is 0.500 bits per heavy atom. The van der Waals surface area contributed by atoms with Crippen LogP contribution in [0.2, 0.25) is 0 Å². The second kappa shape index (κ2) is 21.5. The van der Waals surface area contributed by atoms with Crippen LogP contribution in [0.4, 0.5) is 0 Å². The van der Waals surface area contributed by atoms with Crippen LogP contribution in [-0.4, -0.2) is 31.8 Å². The first-order chi connectivity index (χ1) is 12.1. The van der Waals surface area contributed by atoms with E-state index >= 15 is 0 Å². The Kier molecular flexibility index (Phi) is 23.5. The molecule has 0 saturated carbocycles. The van der Waals surface area contributed by atoms with E-state index in [9.17, 15) is 0 Å². The molecule has 0 saturated heterocycles. The van der Waals surface area contributed by atoms with Crippen LogP contribution in [0.15, 0.2) is 0 Å². The first-order valence-corrected chi connectivity index (χ1v) is 11.7. The van der Waals surface area contributed by atoms with Gasteiger partial charge in [0.1, 0.15) is 0 Å². The first kappa shape index (κ1) is 28.4. The summed E-state index contributed by atoms with van der Waals surface area (Å²) in [5.74, 6) is 0. The zero-order valence-electron chi connectivity index (χ0n) is 18.8. The molecular weight excluding hydrogens is 340 g/mol. The second-order valence-corrected chi connectivity index (χ2v) is 8.62. The Hall–Kier alpha value is 0.210. The van der Waals surface area contributed by atoms with Gasteiger partial charge in [0.2, 0.25) is 0 Å². The zero-order valence-corrected chi connectivity index (χ0v) is 19.5. The number of halogens is 1. The molecule has 0 aliphatic rings. The van der Waals surface area contributed by atoms with Crippen molar-refractivity contribution < 1.29 is 17.0 Å². The van der Waals surface area contributed by atoms with Gasteiger partial charge in [0, 0.05) is 6.54 Å². The smallest absolute Gasteiger partial charge is 0.0955 e. The number of hydrogen-bond donors (Lipinski definition) is 1. The molecule has 0 aromatic heterocycles. The minimum absolute atomic E-state index is 0. The monoisotopic (exact) mass is 390 g/mol. The largest absolute Gasteiger partial charge is 1.00 e. The molecule has 2 nitrogen and oxygen atoms in total. The van der Waals surface area contributed by atoms with Crippen LogP contribution in [0.3, 0.4) is 0 Å². The number of nitrogens with one attached hydrogen (secondary N) is 1. The molecule has 0 amide bonds. The van der Waals surface area contributed by atoms with Crippen molar-refractivity contribution >= 4 is 0 Å². The maximum atomic E-state index is 3.65. The van der Waals surface area contributed by atoms with Gasteiger partial charge in [-0.3, -0.25) is 4.59 Å². The summed E-state index contributed by atoms with van der Waals surface area (Å²) in [6.45, 7) is 6.95. The van der Waals surface area contributed by atoms with Crippen LogP contribution in [0, 0.1) is 0 Å². The molecule has 0 heterocycles. The van der Waals surface area contributed by atoms with Crippen molar-refractivity contribution in [2.75, 3.05) is 27.2 Å². The molecule has 0 aromatic rings. The van der Waals surface area contributed by atoms with E-state index in [-0.39, 0.29) is 12.4 Å². The van der Waals surface area contributed by atoms with Crippen LogP contribution >= 0.6 is 0 Å². The Morgan fingerprint density at radius 2 is 0.846 bits per heavy atom. The van der Waals surface area contributed by atoms with Gasteiger partial charge in [-0.15, -0.1) is 0 Å². The normalized spacial score (nSPS) is 11.5. The van der Waals surface area contributed by atoms with Gasteiger partial charge in [0.15, 0.2) is 0 Å². The van der Waals surface area contributed by atoms with Crippen LogP contribution < -0.4 is 17.8 Å². The van der Waals surface area contributed by atoms with Crippen molar-refractivity contribution in [1.29, 1.82) is 0 Å². The standard InChI is InChI=1S/C23H51N2.ClH/c1-5-7-8-9-10-11-12-13-14-15-16-17-18-19-20-21-22-24-25(3,4)23-6-2;/h24H,5-23H2,1-4H3;1H/q+1;/p-1. The average Bonchev–Trinajstić information content (AvgIpc) is 2.57. The van der Waals surface area contributed by atoms with E-state index in [0.29, 0.717) is 0 Å². The van der Waals surface area contributed by atoms with E-state index in [4.69, 9.17) is 0 Å². The molecule has 1 N–H and O–H groups in total. The highest BCUT2D eigenvalue weighted by Crippen LogP contribution is 2.13. The van der Waals surface area contributed by atoms with E-state index in [2.05, 4.69) is 33.4 Å². The van der Waals surface area contributed by atoms with Crippen LogP contribution in [0.1, 0.15) is 123 Å². The molecule has 0 radical (unpaired) electrons. The van der Waals surface area contributed by atoms with Gasteiger partial charge in [-0.05, 0) is 12.8 Å². The van der Waals surface area contributed by atoms with Crippen LogP contribution in [0.25, 0.3) is 0 Å². The van der Waals surface area contributed by atoms with Crippen LogP contribution in [-0.2, 0) is 0 Å². The highest BCUT2D eigenvalue weighted by atomic mass is 35.5. The summed E-state index contributed by atoms with van der Waals surface area (Å²) in [6.07, 6.45) is 24.4. The molecule has 0 bridgehead atoms. The molecule has 3 heteroatoms. The lowest BCUT2D eigenvalue weighted by atomic mass is 10.0. The number of quaternary nitrogens is 1. The van der Waals surface area contributed by atoms with E-state index in [1.54, 1.807) is 0 Å². The lowest BCUT2D eigenvalue weighted by Crippen LogP contribution is -3.00. The van der Waals surface area contributed by atoms with Gasteiger partial charge in [-0.2, -0.15) is 5.43 Å². The second-order valence-electron chi connectivity index (χ2n) is 8.62. The van der Waals surface area contributed by atoms with Crippen molar-refractivity contribution in [2.24, 2.45) is 0 Å². The summed E-state index contributed by atoms with van der Waals surface area (Å²) in [6, 6.07) is 0. The molecular formula is C23H51ClN2. The molecule has 0 aliphatic heterocycles. The first-order valence-electron chi connectivity index (χ1n) is 11.7. The minimum atomic E-state index is 0. The number of unbranched alkanes of at least 4 members (excludes halogenated alkanes) is 15. The van der Waals surface area contributed by atoms with Gasteiger partial charge >= 0.3 is 0 Å². The Balaban J connectivity index is 0. The maximum Gasteiger partial charge on any atom is 0.0955 e. The fraction of sp³-hybridized carbons (Fsp3) is 1.00. The number of hydrogen-bond acceptors (Lipinski definition) is 1. The SMILES string of the molecule is CCCCCCCCCCCCCCCCCCN[N+](C)(C)CCC.[Cl-]. The van der Waals surface area contributed by atoms with E-state index in [0.717, 1.165) is 4.59 Å². The molecule has 0 aromatic carbocycles. The molecule has 0 unspecified atom stereocenters. The van der Waals surface area contributed by atoms with E-state index in [1.165, 1.54) is 122 Å². The van der Waals surface area contributed by atoms with Crippen molar-refractivity contribution in [3.8, 4) is 0 Å². The third kappa shape index (κ3) is 22.3. The van der Waals surface area contributed by atoms with Crippen molar-refractivity contribution in [2.45, 2.75) is 123 Å². The highest BCUT2D eigenvalue weighted by Gasteiger charge is 2.11. The van der Waals surface area contributed by atoms with Gasteiger partial charge in [-0.1, -0.05) is 110 Å².